The van der Waals surface area contributed by atoms with E-state index in [-0.39, 0.29) is 0 Å². The van der Waals surface area contributed by atoms with E-state index in [4.69, 9.17) is 5.11 Å². The van der Waals surface area contributed by atoms with E-state index in [0.29, 0.717) is 17.8 Å². The molecule has 0 atom stereocenters. The second-order valence-electron chi connectivity index (χ2n) is 3.68. The predicted octanol–water partition coefficient (Wildman–Crippen LogP) is 2.76. The summed E-state index contributed by atoms with van der Waals surface area (Å²) in [4.78, 5) is 16.1. The highest BCUT2D eigenvalue weighted by molar-refractivity contribution is 7.09. The molecule has 0 aliphatic carbocycles. The molecule has 0 radical (unpaired) electrons. The number of anilines is 1. The molecule has 0 spiro atoms. The minimum absolute atomic E-state index is 0.300. The second kappa shape index (κ2) is 4.97. The highest BCUT2D eigenvalue weighted by Crippen LogP contribution is 2.19. The molecular formula is C12H12N2O2S. The van der Waals surface area contributed by atoms with Crippen LogP contribution >= 0.6 is 11.3 Å². The van der Waals surface area contributed by atoms with E-state index < -0.39 is 5.97 Å². The van der Waals surface area contributed by atoms with Gasteiger partial charge in [0.25, 0.3) is 0 Å². The molecule has 0 bridgehead atoms. The largest absolute Gasteiger partial charge is 0.478 e. The van der Waals surface area contributed by atoms with Gasteiger partial charge in [0.1, 0.15) is 0 Å². The Morgan fingerprint density at radius 3 is 3.00 bits per heavy atom. The Hall–Kier alpha value is -1.88. The Balaban J connectivity index is 2.17. The molecule has 17 heavy (non-hydrogen) atoms. The van der Waals surface area contributed by atoms with Gasteiger partial charge in [0.05, 0.1) is 17.6 Å². The van der Waals surface area contributed by atoms with Crippen LogP contribution in [0.5, 0.6) is 0 Å². The van der Waals surface area contributed by atoms with Crippen LogP contribution in [0.1, 0.15) is 20.8 Å². The molecule has 2 aromatic rings. The van der Waals surface area contributed by atoms with Gasteiger partial charge in [-0.3, -0.25) is 4.98 Å². The molecule has 0 fully saturated rings. The van der Waals surface area contributed by atoms with Gasteiger partial charge in [0.15, 0.2) is 0 Å². The number of carbonyl (C=O) groups is 1. The highest BCUT2D eigenvalue weighted by atomic mass is 32.1. The Morgan fingerprint density at radius 1 is 1.53 bits per heavy atom. The second-order valence-corrected chi connectivity index (χ2v) is 4.65. The monoisotopic (exact) mass is 248 g/mol. The van der Waals surface area contributed by atoms with Crippen LogP contribution in [0.15, 0.2) is 29.9 Å². The highest BCUT2D eigenvalue weighted by Gasteiger charge is 2.09. The summed E-state index contributed by atoms with van der Waals surface area (Å²) in [6.07, 6.45) is 1.77. The fourth-order valence-electron chi connectivity index (χ4n) is 1.50. The van der Waals surface area contributed by atoms with Crippen molar-refractivity contribution in [3.63, 3.8) is 0 Å². The molecule has 2 rings (SSSR count). The van der Waals surface area contributed by atoms with E-state index in [1.54, 1.807) is 23.8 Å². The van der Waals surface area contributed by atoms with Gasteiger partial charge in [-0.2, -0.15) is 0 Å². The number of aromatic nitrogens is 1. The van der Waals surface area contributed by atoms with Crippen molar-refractivity contribution in [1.29, 1.82) is 0 Å². The number of rotatable bonds is 4. The van der Waals surface area contributed by atoms with E-state index in [9.17, 15) is 4.79 Å². The normalized spacial score (nSPS) is 10.2. The lowest BCUT2D eigenvalue weighted by molar-refractivity contribution is 0.0698. The van der Waals surface area contributed by atoms with Gasteiger partial charge in [-0.15, -0.1) is 11.3 Å². The maximum absolute atomic E-state index is 11.1. The summed E-state index contributed by atoms with van der Waals surface area (Å²) in [5.74, 6) is -0.916. The third-order valence-corrected chi connectivity index (χ3v) is 3.12. The predicted molar refractivity (Wildman–Crippen MR) is 67.6 cm³/mol. The number of aryl methyl sites for hydroxylation is 1. The van der Waals surface area contributed by atoms with Gasteiger partial charge in [-0.1, -0.05) is 11.6 Å². The van der Waals surface area contributed by atoms with Gasteiger partial charge in [-0.25, -0.2) is 4.79 Å². The van der Waals surface area contributed by atoms with Crippen LogP contribution in [-0.4, -0.2) is 16.1 Å². The van der Waals surface area contributed by atoms with Crippen LogP contribution < -0.4 is 5.32 Å². The number of nitrogens with one attached hydrogen (secondary N) is 1. The van der Waals surface area contributed by atoms with Crippen LogP contribution in [-0.2, 0) is 6.54 Å². The smallest absolute Gasteiger partial charge is 0.337 e. The third-order valence-electron chi connectivity index (χ3n) is 2.34. The van der Waals surface area contributed by atoms with Crippen molar-refractivity contribution in [1.82, 2.24) is 4.98 Å². The van der Waals surface area contributed by atoms with E-state index in [2.05, 4.69) is 10.3 Å². The average Bonchev–Trinajstić information content (AvgIpc) is 2.80. The van der Waals surface area contributed by atoms with Crippen LogP contribution in [0.2, 0.25) is 0 Å². The molecule has 88 valence electrons. The van der Waals surface area contributed by atoms with Gasteiger partial charge in [0.2, 0.25) is 0 Å². The van der Waals surface area contributed by atoms with E-state index in [1.807, 2.05) is 13.0 Å². The first-order valence-corrected chi connectivity index (χ1v) is 6.00. The third kappa shape index (κ3) is 2.82. The summed E-state index contributed by atoms with van der Waals surface area (Å²) in [5.41, 5.74) is 3.63. The average molecular weight is 248 g/mol. The summed E-state index contributed by atoms with van der Waals surface area (Å²) in [6, 6.07) is 5.35. The first kappa shape index (κ1) is 11.6. The number of aromatic carboxylic acids is 1. The molecule has 1 aromatic heterocycles. The molecule has 0 amide bonds. The molecule has 0 saturated heterocycles. The quantitative estimate of drug-likeness (QED) is 0.873. The van der Waals surface area contributed by atoms with E-state index in [1.165, 1.54) is 11.3 Å². The first-order chi connectivity index (χ1) is 8.16. The Bertz CT molecular complexity index is 523. The molecule has 2 N–H and O–H groups in total. The number of carboxylic acids is 1. The lowest BCUT2D eigenvalue weighted by Crippen LogP contribution is -2.06. The molecule has 0 aliphatic rings. The lowest BCUT2D eigenvalue weighted by atomic mass is 10.1. The Kier molecular flexibility index (Phi) is 3.39. The van der Waals surface area contributed by atoms with Crippen molar-refractivity contribution in [3.8, 4) is 0 Å². The number of benzene rings is 1. The number of thiazole rings is 1. The minimum Gasteiger partial charge on any atom is -0.478 e. The van der Waals surface area contributed by atoms with Crippen LogP contribution in [0.3, 0.4) is 0 Å². The fourth-order valence-corrected chi connectivity index (χ4v) is 2.04. The summed E-state index contributed by atoms with van der Waals surface area (Å²) in [7, 11) is 0. The fraction of sp³-hybridized carbons (Fsp3) is 0.167. The van der Waals surface area contributed by atoms with Crippen molar-refractivity contribution in [3.05, 3.63) is 45.9 Å². The molecule has 4 nitrogen and oxygen atoms in total. The van der Waals surface area contributed by atoms with Gasteiger partial charge in [0, 0.05) is 16.8 Å². The lowest BCUT2D eigenvalue weighted by Gasteiger charge is -2.09. The molecular weight excluding hydrogens is 236 g/mol. The maximum Gasteiger partial charge on any atom is 0.337 e. The van der Waals surface area contributed by atoms with Crippen molar-refractivity contribution in [2.24, 2.45) is 0 Å². The standard InChI is InChI=1S/C12H12N2O2S/c1-8-2-3-11(10(4-8)12(15)16)14-6-9-5-13-7-17-9/h2-5,7,14H,6H2,1H3,(H,15,16). The summed E-state index contributed by atoms with van der Waals surface area (Å²) >= 11 is 1.54. The molecule has 0 unspecified atom stereocenters. The zero-order chi connectivity index (χ0) is 12.3. The zero-order valence-corrected chi connectivity index (χ0v) is 10.1. The van der Waals surface area contributed by atoms with Crippen molar-refractivity contribution >= 4 is 23.0 Å². The van der Waals surface area contributed by atoms with E-state index >= 15 is 0 Å². The van der Waals surface area contributed by atoms with Crippen LogP contribution in [0.4, 0.5) is 5.69 Å². The summed E-state index contributed by atoms with van der Waals surface area (Å²) in [5, 5.41) is 12.2. The van der Waals surface area contributed by atoms with E-state index in [0.717, 1.165) is 10.4 Å². The Morgan fingerprint density at radius 2 is 2.35 bits per heavy atom. The summed E-state index contributed by atoms with van der Waals surface area (Å²) < 4.78 is 0. The number of hydrogen-bond acceptors (Lipinski definition) is 4. The minimum atomic E-state index is -0.916. The number of hydrogen-bond donors (Lipinski definition) is 2. The Labute approximate surface area is 103 Å². The van der Waals surface area contributed by atoms with Crippen molar-refractivity contribution in [2.45, 2.75) is 13.5 Å². The van der Waals surface area contributed by atoms with Crippen molar-refractivity contribution < 1.29 is 9.90 Å². The topological polar surface area (TPSA) is 62.2 Å². The summed E-state index contributed by atoms with van der Waals surface area (Å²) in [6.45, 7) is 2.47. The molecule has 1 aromatic carbocycles. The van der Waals surface area contributed by atoms with Gasteiger partial charge >= 0.3 is 5.97 Å². The first-order valence-electron chi connectivity index (χ1n) is 5.12. The zero-order valence-electron chi connectivity index (χ0n) is 9.30. The SMILES string of the molecule is Cc1ccc(NCc2cncs2)c(C(=O)O)c1. The molecule has 1 heterocycles. The van der Waals surface area contributed by atoms with Crippen molar-refractivity contribution in [2.75, 3.05) is 5.32 Å². The van der Waals surface area contributed by atoms with Gasteiger partial charge < -0.3 is 10.4 Å². The molecule has 0 saturated carbocycles. The van der Waals surface area contributed by atoms with Gasteiger partial charge in [-0.05, 0) is 19.1 Å². The molecule has 0 aliphatic heterocycles. The van der Waals surface area contributed by atoms with Crippen LogP contribution in [0, 0.1) is 6.92 Å². The molecule has 5 heteroatoms. The number of carboxylic acid groups (broad SMARTS) is 1. The van der Waals surface area contributed by atoms with Crippen LogP contribution in [0.25, 0.3) is 0 Å². The number of nitrogens with zero attached hydrogens (tertiary/aromatic N) is 1. The maximum atomic E-state index is 11.1.